The lowest BCUT2D eigenvalue weighted by Crippen LogP contribution is -2.39. The third kappa shape index (κ3) is 6.96. The monoisotopic (exact) mass is 554 g/mol. The molecule has 1 aliphatic heterocycles. The van der Waals surface area contributed by atoms with E-state index in [-0.39, 0.29) is 30.6 Å². The van der Waals surface area contributed by atoms with Crippen LogP contribution >= 0.6 is 0 Å². The van der Waals surface area contributed by atoms with E-state index in [1.165, 1.54) is 11.1 Å². The van der Waals surface area contributed by atoms with Gasteiger partial charge in [0.15, 0.2) is 0 Å². The fourth-order valence-electron chi connectivity index (χ4n) is 6.46. The van der Waals surface area contributed by atoms with Crippen LogP contribution in [0.25, 0.3) is 0 Å². The Morgan fingerprint density at radius 2 is 1.68 bits per heavy atom. The minimum Gasteiger partial charge on any atom is -0.396 e. The maximum Gasteiger partial charge on any atom is 0.259 e. The second kappa shape index (κ2) is 13.8. The van der Waals surface area contributed by atoms with Crippen LogP contribution in [-0.4, -0.2) is 49.2 Å². The van der Waals surface area contributed by atoms with E-state index in [0.717, 1.165) is 56.8 Å². The molecule has 216 valence electrons. The molecule has 1 N–H and O–H groups in total. The number of carbonyl (C=O) groups is 1. The number of hydrogen-bond acceptors (Lipinski definition) is 3. The molecule has 4 aromatic rings. The fraction of sp³-hybridized carbons (Fsp3) is 0.441. The molecule has 2 aromatic heterocycles. The number of aromatic nitrogens is 4. The molecule has 1 aliphatic rings. The normalized spacial score (nSPS) is 15.8. The first-order valence-corrected chi connectivity index (χ1v) is 15.2. The Kier molecular flexibility index (Phi) is 9.67. The lowest BCUT2D eigenvalue weighted by Gasteiger charge is -2.31. The Hall–Kier alpha value is -3.71. The molecular formula is C34H44N5O2+. The molecule has 3 unspecified atom stereocenters. The Bertz CT molecular complexity index is 1380. The number of hydrogen-bond donors (Lipinski definition) is 1. The van der Waals surface area contributed by atoms with Crippen molar-refractivity contribution in [2.24, 2.45) is 0 Å². The van der Waals surface area contributed by atoms with Gasteiger partial charge in [-0.3, -0.25) is 4.79 Å². The number of amides is 1. The summed E-state index contributed by atoms with van der Waals surface area (Å²) in [6.45, 7) is 6.18. The molecule has 5 rings (SSSR count). The molecule has 3 heterocycles. The zero-order valence-electron chi connectivity index (χ0n) is 24.5. The highest BCUT2D eigenvalue weighted by Gasteiger charge is 2.32. The van der Waals surface area contributed by atoms with Gasteiger partial charge in [0, 0.05) is 50.3 Å². The molecule has 0 bridgehead atoms. The summed E-state index contributed by atoms with van der Waals surface area (Å²) in [7, 11) is 0. The predicted molar refractivity (Wildman–Crippen MR) is 160 cm³/mol. The largest absolute Gasteiger partial charge is 0.396 e. The van der Waals surface area contributed by atoms with Gasteiger partial charge in [0.25, 0.3) is 5.82 Å². The van der Waals surface area contributed by atoms with Crippen molar-refractivity contribution in [2.45, 2.75) is 83.5 Å². The van der Waals surface area contributed by atoms with Gasteiger partial charge in [0.05, 0.1) is 13.0 Å². The van der Waals surface area contributed by atoms with Crippen LogP contribution in [0.3, 0.4) is 0 Å². The van der Waals surface area contributed by atoms with E-state index in [1.807, 2.05) is 18.3 Å². The highest BCUT2D eigenvalue weighted by molar-refractivity contribution is 5.78. The number of likely N-dealkylation sites (tertiary alicyclic amines) is 1. The first kappa shape index (κ1) is 28.8. The number of carbonyl (C=O) groups excluding carboxylic acids is 1. The van der Waals surface area contributed by atoms with Crippen LogP contribution in [0, 0.1) is 0 Å². The van der Waals surface area contributed by atoms with Crippen LogP contribution < -0.4 is 4.57 Å². The lowest BCUT2D eigenvalue weighted by atomic mass is 9.97. The van der Waals surface area contributed by atoms with Gasteiger partial charge in [-0.2, -0.15) is 0 Å². The van der Waals surface area contributed by atoms with E-state index in [2.05, 4.69) is 99.6 Å². The number of benzene rings is 2. The van der Waals surface area contributed by atoms with Gasteiger partial charge in [0.1, 0.15) is 30.8 Å². The first-order chi connectivity index (χ1) is 20.1. The second-order valence-electron chi connectivity index (χ2n) is 11.3. The minimum atomic E-state index is 0.107. The summed E-state index contributed by atoms with van der Waals surface area (Å²) in [4.78, 5) is 19.5. The van der Waals surface area contributed by atoms with Crippen LogP contribution in [0.5, 0.6) is 0 Å². The van der Waals surface area contributed by atoms with Crippen LogP contribution in [0.15, 0.2) is 85.5 Å². The summed E-state index contributed by atoms with van der Waals surface area (Å²) in [6.07, 6.45) is 14.1. The number of aliphatic hydroxyl groups is 1. The van der Waals surface area contributed by atoms with E-state index < -0.39 is 0 Å². The summed E-state index contributed by atoms with van der Waals surface area (Å²) in [5.74, 6) is 2.47. The van der Waals surface area contributed by atoms with E-state index in [9.17, 15) is 9.90 Å². The molecule has 1 fully saturated rings. The molecular weight excluding hydrogens is 510 g/mol. The third-order valence-corrected chi connectivity index (χ3v) is 8.58. The number of nitrogens with zero attached hydrogens (tertiary/aromatic N) is 5. The van der Waals surface area contributed by atoms with Gasteiger partial charge in [-0.15, -0.1) is 0 Å². The average molecular weight is 555 g/mol. The molecule has 1 saturated heterocycles. The molecule has 3 atom stereocenters. The van der Waals surface area contributed by atoms with Crippen LogP contribution in [-0.2, 0) is 24.2 Å². The molecule has 7 nitrogen and oxygen atoms in total. The fourth-order valence-corrected chi connectivity index (χ4v) is 6.46. The SMILES string of the molecule is CCC(CC(CC(C)N1CCCC1=O)n1ccnc1Cc1ccccc1)n1cc[n+](Cc2ccccc2)c1CCO. The predicted octanol–water partition coefficient (Wildman–Crippen LogP) is 5.13. The zero-order valence-corrected chi connectivity index (χ0v) is 24.5. The van der Waals surface area contributed by atoms with Crippen molar-refractivity contribution in [1.29, 1.82) is 0 Å². The summed E-state index contributed by atoms with van der Waals surface area (Å²) < 4.78 is 7.01. The molecule has 41 heavy (non-hydrogen) atoms. The Morgan fingerprint density at radius 1 is 0.951 bits per heavy atom. The minimum absolute atomic E-state index is 0.107. The maximum atomic E-state index is 12.6. The standard InChI is InChI=1S/C34H44N5O2/c1-3-30(39-21-20-36(33(39)16-22-40)26-29-13-8-5-9-14-29)25-31(23-27(2)37-18-10-15-34(37)41)38-19-17-35-32(38)24-28-11-6-4-7-12-28/h4-9,11-14,17,19-21,27,30-31,40H,3,10,15-16,18,22-26H2,1-2H3/q+1. The zero-order chi connectivity index (χ0) is 28.6. The number of imidazole rings is 2. The summed E-state index contributed by atoms with van der Waals surface area (Å²) in [5.41, 5.74) is 2.49. The summed E-state index contributed by atoms with van der Waals surface area (Å²) >= 11 is 0. The van der Waals surface area contributed by atoms with Gasteiger partial charge < -0.3 is 14.6 Å². The second-order valence-corrected chi connectivity index (χ2v) is 11.3. The van der Waals surface area contributed by atoms with Gasteiger partial charge in [-0.25, -0.2) is 14.1 Å². The summed E-state index contributed by atoms with van der Waals surface area (Å²) in [6, 6.07) is 21.6. The third-order valence-electron chi connectivity index (χ3n) is 8.58. The lowest BCUT2D eigenvalue weighted by molar-refractivity contribution is -0.695. The van der Waals surface area contributed by atoms with Crippen molar-refractivity contribution >= 4 is 5.91 Å². The maximum absolute atomic E-state index is 12.6. The number of aliphatic hydroxyl groups excluding tert-OH is 1. The van der Waals surface area contributed by atoms with E-state index in [0.29, 0.717) is 12.8 Å². The van der Waals surface area contributed by atoms with Crippen LogP contribution in [0.1, 0.15) is 80.8 Å². The van der Waals surface area contributed by atoms with Crippen molar-refractivity contribution in [3.05, 3.63) is 108 Å². The van der Waals surface area contributed by atoms with Crippen molar-refractivity contribution in [1.82, 2.24) is 19.0 Å². The van der Waals surface area contributed by atoms with Gasteiger partial charge >= 0.3 is 0 Å². The molecule has 0 radical (unpaired) electrons. The topological polar surface area (TPSA) is 67.2 Å². The highest BCUT2D eigenvalue weighted by atomic mass is 16.3. The summed E-state index contributed by atoms with van der Waals surface area (Å²) in [5, 5.41) is 10.0. The van der Waals surface area contributed by atoms with E-state index in [1.54, 1.807) is 0 Å². The van der Waals surface area contributed by atoms with Crippen LogP contribution in [0.4, 0.5) is 0 Å². The highest BCUT2D eigenvalue weighted by Crippen LogP contribution is 2.32. The van der Waals surface area contributed by atoms with E-state index >= 15 is 0 Å². The van der Waals surface area contributed by atoms with Crippen LogP contribution in [0.2, 0.25) is 0 Å². The molecule has 2 aromatic carbocycles. The molecule has 0 spiro atoms. The molecule has 0 aliphatic carbocycles. The van der Waals surface area contributed by atoms with Crippen molar-refractivity contribution in [2.75, 3.05) is 13.2 Å². The smallest absolute Gasteiger partial charge is 0.259 e. The molecule has 0 saturated carbocycles. The van der Waals surface area contributed by atoms with E-state index in [4.69, 9.17) is 4.98 Å². The van der Waals surface area contributed by atoms with Crippen molar-refractivity contribution in [3.63, 3.8) is 0 Å². The van der Waals surface area contributed by atoms with Crippen molar-refractivity contribution < 1.29 is 14.5 Å². The van der Waals surface area contributed by atoms with Crippen molar-refractivity contribution in [3.8, 4) is 0 Å². The number of rotatable bonds is 14. The van der Waals surface area contributed by atoms with Gasteiger partial charge in [-0.05, 0) is 37.3 Å². The van der Waals surface area contributed by atoms with Gasteiger partial charge in [0.2, 0.25) is 5.91 Å². The molecule has 7 heteroatoms. The Labute approximate surface area is 244 Å². The first-order valence-electron chi connectivity index (χ1n) is 15.2. The molecule has 1 amide bonds. The Balaban J connectivity index is 1.44. The quantitative estimate of drug-likeness (QED) is 0.220. The average Bonchev–Trinajstić information content (AvgIpc) is 3.73. The Morgan fingerprint density at radius 3 is 2.34 bits per heavy atom. The van der Waals surface area contributed by atoms with Gasteiger partial charge in [-0.1, -0.05) is 67.6 Å².